The molecule has 0 radical (unpaired) electrons. The summed E-state index contributed by atoms with van der Waals surface area (Å²) in [7, 11) is 2.17. The molecule has 6 aliphatic rings. The van der Waals surface area contributed by atoms with E-state index in [1.807, 2.05) is 41.3 Å². The maximum atomic E-state index is 13.7. The lowest BCUT2D eigenvalue weighted by Crippen LogP contribution is -2.54. The third-order valence-electron chi connectivity index (χ3n) is 14.4. The number of likely N-dealkylation sites (tertiary alicyclic amines) is 1. The lowest BCUT2D eigenvalue weighted by Gasteiger charge is -2.45. The average molecular weight is 884 g/mol. The molecule has 5 aliphatic heterocycles. The number of carbonyl (C=O) groups is 6. The van der Waals surface area contributed by atoms with Crippen molar-refractivity contribution in [3.8, 4) is 11.5 Å². The molecule has 1 saturated carbocycles. The number of fused-ring (bicyclic) bond motifs is 1. The topological polar surface area (TPSA) is 213 Å². The SMILES string of the molecule is CN(CC1CCN(c2ccc3c(c2)C(=O)N(C2CCC(=O)NC2=O)C3=O)CC1)C1CC(C(=O)N2CCC([C@@H]3CCNC(C(C(N)=O)=C(N)c4ccc(Oc5ccccc5)cc4)=N3)CC2)C1. The molecule has 16 heteroatoms. The minimum atomic E-state index is -0.983. The van der Waals surface area contributed by atoms with Gasteiger partial charge in [0.25, 0.3) is 17.7 Å². The van der Waals surface area contributed by atoms with Crippen molar-refractivity contribution in [3.63, 3.8) is 0 Å². The smallest absolute Gasteiger partial charge is 0.262 e. The van der Waals surface area contributed by atoms with Gasteiger partial charge in [-0.2, -0.15) is 0 Å². The molecular weight excluding hydrogens is 827 g/mol. The van der Waals surface area contributed by atoms with E-state index in [0.717, 1.165) is 75.2 Å². The molecule has 0 spiro atoms. The molecule has 1 aliphatic carbocycles. The van der Waals surface area contributed by atoms with E-state index in [4.69, 9.17) is 21.2 Å². The van der Waals surface area contributed by atoms with Gasteiger partial charge in [-0.3, -0.25) is 44.0 Å². The number of amidine groups is 1. The van der Waals surface area contributed by atoms with Gasteiger partial charge >= 0.3 is 0 Å². The van der Waals surface area contributed by atoms with Gasteiger partial charge in [0.15, 0.2) is 0 Å². The summed E-state index contributed by atoms with van der Waals surface area (Å²) in [6, 6.07) is 21.4. The van der Waals surface area contributed by atoms with Crippen LogP contribution in [0.4, 0.5) is 5.69 Å². The predicted molar refractivity (Wildman–Crippen MR) is 244 cm³/mol. The van der Waals surface area contributed by atoms with Crippen LogP contribution in [0.15, 0.2) is 83.4 Å². The Kier molecular flexibility index (Phi) is 12.4. The zero-order valence-electron chi connectivity index (χ0n) is 36.7. The van der Waals surface area contributed by atoms with Crippen molar-refractivity contribution >= 4 is 52.7 Å². The normalized spacial score (nSPS) is 24.5. The quantitative estimate of drug-likeness (QED) is 0.152. The second-order valence-electron chi connectivity index (χ2n) is 18.4. The van der Waals surface area contributed by atoms with Crippen molar-refractivity contribution in [2.45, 2.75) is 75.9 Å². The third kappa shape index (κ3) is 9.08. The van der Waals surface area contributed by atoms with Crippen LogP contribution in [0.3, 0.4) is 0 Å². The summed E-state index contributed by atoms with van der Waals surface area (Å²) in [5.74, 6) is 0.183. The van der Waals surface area contributed by atoms with Crippen molar-refractivity contribution in [1.29, 1.82) is 0 Å². The number of primary amides is 1. The van der Waals surface area contributed by atoms with E-state index in [-0.39, 0.29) is 53.5 Å². The monoisotopic (exact) mass is 883 g/mol. The predicted octanol–water partition coefficient (Wildman–Crippen LogP) is 3.66. The van der Waals surface area contributed by atoms with Crippen LogP contribution in [0.2, 0.25) is 0 Å². The molecule has 340 valence electrons. The summed E-state index contributed by atoms with van der Waals surface area (Å²) in [6.07, 6.45) is 6.40. The summed E-state index contributed by atoms with van der Waals surface area (Å²) < 4.78 is 5.91. The second kappa shape index (κ2) is 18.5. The number of nitrogens with two attached hydrogens (primary N) is 2. The fourth-order valence-electron chi connectivity index (χ4n) is 10.5. The van der Waals surface area contributed by atoms with Crippen molar-refractivity contribution in [1.82, 2.24) is 25.3 Å². The zero-order valence-corrected chi connectivity index (χ0v) is 36.7. The van der Waals surface area contributed by atoms with Crippen molar-refractivity contribution in [2.75, 3.05) is 51.2 Å². The Morgan fingerprint density at radius 3 is 2.20 bits per heavy atom. The Morgan fingerprint density at radius 1 is 0.815 bits per heavy atom. The Balaban J connectivity index is 0.721. The van der Waals surface area contributed by atoms with Crippen LogP contribution >= 0.6 is 0 Å². The van der Waals surface area contributed by atoms with Gasteiger partial charge in [-0.05, 0) is 130 Å². The highest BCUT2D eigenvalue weighted by Gasteiger charge is 2.45. The molecule has 16 nitrogen and oxygen atoms in total. The molecule has 2 atom stereocenters. The fourth-order valence-corrected chi connectivity index (χ4v) is 10.5. The van der Waals surface area contributed by atoms with Gasteiger partial charge in [-0.15, -0.1) is 0 Å². The van der Waals surface area contributed by atoms with Crippen molar-refractivity contribution in [2.24, 2.45) is 34.2 Å². The number of rotatable bonds is 12. The lowest BCUT2D eigenvalue weighted by atomic mass is 9.77. The van der Waals surface area contributed by atoms with Crippen LogP contribution < -0.4 is 31.7 Å². The number of piperidine rings is 3. The molecule has 0 bridgehead atoms. The van der Waals surface area contributed by atoms with Crippen LogP contribution in [-0.2, 0) is 19.2 Å². The fraction of sp³-hybridized carbons (Fsp3) is 0.449. The van der Waals surface area contributed by atoms with Crippen LogP contribution in [0.1, 0.15) is 84.1 Å². The van der Waals surface area contributed by atoms with Crippen LogP contribution in [0.25, 0.3) is 5.70 Å². The molecule has 3 aromatic rings. The lowest BCUT2D eigenvalue weighted by molar-refractivity contribution is -0.142. The number of para-hydroxylation sites is 1. The van der Waals surface area contributed by atoms with Gasteiger partial charge in [0.05, 0.1) is 22.9 Å². The Bertz CT molecular complexity index is 2420. The maximum Gasteiger partial charge on any atom is 0.262 e. The molecule has 6 amide bonds. The first-order valence-corrected chi connectivity index (χ1v) is 23.0. The van der Waals surface area contributed by atoms with E-state index in [0.29, 0.717) is 60.1 Å². The molecule has 9 rings (SSSR count). The van der Waals surface area contributed by atoms with Crippen molar-refractivity contribution in [3.05, 3.63) is 95.1 Å². The van der Waals surface area contributed by atoms with Crippen LogP contribution in [-0.4, -0.2) is 120 Å². The number of nitrogens with zero attached hydrogens (tertiary/aromatic N) is 5. The molecule has 6 N–H and O–H groups in total. The Morgan fingerprint density at radius 2 is 1.51 bits per heavy atom. The summed E-state index contributed by atoms with van der Waals surface area (Å²) in [4.78, 5) is 89.8. The number of aliphatic imine (C=N–C) groups is 1. The van der Waals surface area contributed by atoms with Gasteiger partial charge in [-0.25, -0.2) is 0 Å². The summed E-state index contributed by atoms with van der Waals surface area (Å²) in [5, 5.41) is 5.51. The minimum absolute atomic E-state index is 0.0120. The molecule has 4 fully saturated rings. The average Bonchev–Trinajstić information content (AvgIpc) is 3.54. The van der Waals surface area contributed by atoms with E-state index in [2.05, 4.69) is 27.5 Å². The van der Waals surface area contributed by atoms with Gasteiger partial charge in [0.1, 0.15) is 28.9 Å². The van der Waals surface area contributed by atoms with E-state index in [9.17, 15) is 28.8 Å². The molecule has 65 heavy (non-hydrogen) atoms. The van der Waals surface area contributed by atoms with Crippen LogP contribution in [0.5, 0.6) is 11.5 Å². The number of benzene rings is 3. The van der Waals surface area contributed by atoms with Gasteiger partial charge in [-0.1, -0.05) is 18.2 Å². The molecular formula is C49H57N9O7. The number of ether oxygens (including phenoxy) is 1. The standard InChI is InChI=1S/C49H57N9O7/c1-55(28-29-16-21-56(22-17-29)33-9-12-37-38(27-33)49(64)58(48(37)63)40-13-14-41(59)54-46(40)61)34-25-32(26-34)47(62)57-23-18-30(19-24-57)39-15-20-52-45(53-39)42(44(51)60)43(50)31-7-10-36(11-8-31)65-35-5-3-2-4-6-35/h2-12,27,29-30,32,34,39-40H,13-26,28,50H2,1H3,(H2,51,60)(H,52,53)(H,54,59,61)/t32?,34?,39-,40?/m0/s1. The van der Waals surface area contributed by atoms with Crippen molar-refractivity contribution < 1.29 is 33.5 Å². The van der Waals surface area contributed by atoms with E-state index < -0.39 is 35.6 Å². The Hall–Kier alpha value is -6.55. The molecule has 0 aromatic heterocycles. The number of anilines is 1. The summed E-state index contributed by atoms with van der Waals surface area (Å²) in [6.45, 7) is 4.62. The molecule has 1 unspecified atom stereocenters. The van der Waals surface area contributed by atoms with Gasteiger partial charge in [0.2, 0.25) is 17.7 Å². The summed E-state index contributed by atoms with van der Waals surface area (Å²) >= 11 is 0. The highest BCUT2D eigenvalue weighted by molar-refractivity contribution is 6.25. The van der Waals surface area contributed by atoms with E-state index >= 15 is 0 Å². The largest absolute Gasteiger partial charge is 0.457 e. The highest BCUT2D eigenvalue weighted by atomic mass is 16.5. The maximum absolute atomic E-state index is 13.7. The van der Waals surface area contributed by atoms with E-state index in [1.54, 1.807) is 36.4 Å². The first-order chi connectivity index (χ1) is 31.4. The number of amides is 6. The first-order valence-electron chi connectivity index (χ1n) is 23.0. The minimum Gasteiger partial charge on any atom is -0.457 e. The highest BCUT2D eigenvalue weighted by Crippen LogP contribution is 2.37. The zero-order chi connectivity index (χ0) is 45.4. The number of nitrogens with one attached hydrogen (secondary N) is 2. The summed E-state index contributed by atoms with van der Waals surface area (Å²) in [5.41, 5.74) is 15.0. The molecule has 3 saturated heterocycles. The number of carbonyl (C=O) groups excluding carboxylic acids is 6. The van der Waals surface area contributed by atoms with Gasteiger partial charge in [0, 0.05) is 63.3 Å². The Labute approximate surface area is 378 Å². The van der Waals surface area contributed by atoms with E-state index in [1.165, 1.54) is 0 Å². The van der Waals surface area contributed by atoms with Gasteiger partial charge < -0.3 is 36.2 Å². The third-order valence-corrected chi connectivity index (χ3v) is 14.4. The first kappa shape index (κ1) is 43.7. The van der Waals surface area contributed by atoms with Crippen LogP contribution in [0, 0.1) is 17.8 Å². The molecule has 5 heterocycles. The molecule has 3 aromatic carbocycles. The second-order valence-corrected chi connectivity index (χ2v) is 18.4. The number of hydrogen-bond acceptors (Lipinski definition) is 12. The number of hydrogen-bond donors (Lipinski definition) is 4. The number of imide groups is 2.